The number of nitrogens with two attached hydrogens (primary N) is 1. The molecule has 0 spiro atoms. The SMILES string of the molecule is COC1CC(N(C(=O)C2=C=C=CC=C2)[C@@H](COC(=N)/C=C(\N)c2c(C)cccc2C)CC(C)C)C1. The van der Waals surface area contributed by atoms with Crippen molar-refractivity contribution >= 4 is 17.5 Å². The fraction of sp³-hybridized carbons (Fsp3) is 0.448. The Labute approximate surface area is 209 Å². The summed E-state index contributed by atoms with van der Waals surface area (Å²) in [6, 6.07) is 5.84. The van der Waals surface area contributed by atoms with Gasteiger partial charge in [0.25, 0.3) is 5.91 Å². The zero-order chi connectivity index (χ0) is 25.5. The molecule has 6 nitrogen and oxygen atoms in total. The van der Waals surface area contributed by atoms with E-state index in [9.17, 15) is 4.79 Å². The minimum atomic E-state index is -0.200. The molecule has 2 aliphatic carbocycles. The summed E-state index contributed by atoms with van der Waals surface area (Å²) in [5.41, 5.74) is 16.2. The molecule has 6 heteroatoms. The van der Waals surface area contributed by atoms with Gasteiger partial charge in [-0.15, -0.1) is 0 Å². The molecular weight excluding hydrogens is 438 g/mol. The Morgan fingerprint density at radius 3 is 2.54 bits per heavy atom. The highest BCUT2D eigenvalue weighted by Crippen LogP contribution is 2.32. The molecule has 0 heterocycles. The van der Waals surface area contributed by atoms with Gasteiger partial charge in [0.2, 0.25) is 5.90 Å². The molecule has 1 aromatic carbocycles. The molecular formula is C29H37N3O3. The highest BCUT2D eigenvalue weighted by molar-refractivity contribution is 5.97. The first-order valence-electron chi connectivity index (χ1n) is 12.2. The lowest BCUT2D eigenvalue weighted by Gasteiger charge is -2.46. The van der Waals surface area contributed by atoms with E-state index in [4.69, 9.17) is 20.6 Å². The summed E-state index contributed by atoms with van der Waals surface area (Å²) in [6.45, 7) is 8.46. The minimum absolute atomic E-state index is 0.0192. The first-order valence-corrected chi connectivity index (χ1v) is 12.2. The van der Waals surface area contributed by atoms with E-state index in [-0.39, 0.29) is 36.6 Å². The summed E-state index contributed by atoms with van der Waals surface area (Å²) in [7, 11) is 1.70. The maximum Gasteiger partial charge on any atom is 0.262 e. The number of carbonyl (C=O) groups excluding carboxylic acids is 1. The Bertz CT molecular complexity index is 1090. The highest BCUT2D eigenvalue weighted by Gasteiger charge is 2.40. The number of hydrogen-bond acceptors (Lipinski definition) is 5. The van der Waals surface area contributed by atoms with Gasteiger partial charge in [-0.05, 0) is 62.3 Å². The number of carbonyl (C=O) groups is 1. The van der Waals surface area contributed by atoms with E-state index in [0.717, 1.165) is 36.0 Å². The number of benzene rings is 1. The third-order valence-electron chi connectivity index (χ3n) is 6.54. The van der Waals surface area contributed by atoms with Crippen LogP contribution in [0.15, 0.2) is 59.5 Å². The van der Waals surface area contributed by atoms with Crippen LogP contribution in [0.2, 0.25) is 0 Å². The van der Waals surface area contributed by atoms with Gasteiger partial charge >= 0.3 is 0 Å². The van der Waals surface area contributed by atoms with Crippen molar-refractivity contribution in [3.8, 4) is 0 Å². The fourth-order valence-corrected chi connectivity index (χ4v) is 4.72. The van der Waals surface area contributed by atoms with Crippen molar-refractivity contribution in [3.63, 3.8) is 0 Å². The van der Waals surface area contributed by atoms with Crippen molar-refractivity contribution in [2.45, 2.75) is 65.1 Å². The van der Waals surface area contributed by atoms with Gasteiger partial charge in [0.05, 0.1) is 17.7 Å². The number of ether oxygens (including phenoxy) is 2. The van der Waals surface area contributed by atoms with Gasteiger partial charge in [-0.1, -0.05) is 49.6 Å². The van der Waals surface area contributed by atoms with Crippen LogP contribution in [-0.4, -0.2) is 48.6 Å². The predicted molar refractivity (Wildman–Crippen MR) is 140 cm³/mol. The van der Waals surface area contributed by atoms with Crippen molar-refractivity contribution in [1.82, 2.24) is 4.90 Å². The second-order valence-corrected chi connectivity index (χ2v) is 9.73. The van der Waals surface area contributed by atoms with E-state index in [1.54, 1.807) is 31.4 Å². The van der Waals surface area contributed by atoms with E-state index in [0.29, 0.717) is 17.2 Å². The lowest BCUT2D eigenvalue weighted by Crippen LogP contribution is -2.56. The van der Waals surface area contributed by atoms with Crippen LogP contribution in [0.25, 0.3) is 5.70 Å². The summed E-state index contributed by atoms with van der Waals surface area (Å²) in [6.07, 6.45) is 9.31. The molecule has 0 saturated heterocycles. The average Bonchev–Trinajstić information content (AvgIpc) is 2.78. The topological polar surface area (TPSA) is 88.6 Å². The molecule has 1 fully saturated rings. The van der Waals surface area contributed by atoms with Crippen molar-refractivity contribution in [3.05, 3.63) is 76.2 Å². The van der Waals surface area contributed by atoms with Crippen molar-refractivity contribution in [2.75, 3.05) is 13.7 Å². The van der Waals surface area contributed by atoms with Crippen molar-refractivity contribution in [1.29, 1.82) is 5.41 Å². The Hall–Kier alpha value is -3.30. The zero-order valence-electron chi connectivity index (χ0n) is 21.4. The highest BCUT2D eigenvalue weighted by atomic mass is 16.5. The number of rotatable bonds is 10. The van der Waals surface area contributed by atoms with Gasteiger partial charge < -0.3 is 20.1 Å². The van der Waals surface area contributed by atoms with Gasteiger partial charge in [-0.3, -0.25) is 10.2 Å². The summed E-state index contributed by atoms with van der Waals surface area (Å²) in [5.74, 6) is 0.231. The molecule has 0 unspecified atom stereocenters. The quantitative estimate of drug-likeness (QED) is 0.288. The van der Waals surface area contributed by atoms with Crippen LogP contribution in [0.5, 0.6) is 0 Å². The van der Waals surface area contributed by atoms with Gasteiger partial charge in [0, 0.05) is 30.5 Å². The smallest absolute Gasteiger partial charge is 0.262 e. The van der Waals surface area contributed by atoms with Gasteiger partial charge in [0.1, 0.15) is 6.61 Å². The van der Waals surface area contributed by atoms with Crippen LogP contribution in [0.3, 0.4) is 0 Å². The number of allylic oxidation sites excluding steroid dienone is 2. The Balaban J connectivity index is 1.80. The first kappa shape index (κ1) is 26.3. The summed E-state index contributed by atoms with van der Waals surface area (Å²) < 4.78 is 11.4. The van der Waals surface area contributed by atoms with Crippen molar-refractivity contribution < 1.29 is 14.3 Å². The molecule has 0 aromatic heterocycles. The van der Waals surface area contributed by atoms with Crippen LogP contribution in [-0.2, 0) is 14.3 Å². The maximum absolute atomic E-state index is 13.6. The van der Waals surface area contributed by atoms with E-state index < -0.39 is 0 Å². The minimum Gasteiger partial charge on any atom is -0.476 e. The first-order chi connectivity index (χ1) is 16.7. The third-order valence-corrected chi connectivity index (χ3v) is 6.54. The molecule has 1 saturated carbocycles. The molecule has 2 aliphatic rings. The van der Waals surface area contributed by atoms with E-state index in [1.165, 1.54) is 0 Å². The van der Waals surface area contributed by atoms with Gasteiger partial charge in [-0.25, -0.2) is 0 Å². The monoisotopic (exact) mass is 475 g/mol. The lowest BCUT2D eigenvalue weighted by atomic mass is 9.85. The molecule has 35 heavy (non-hydrogen) atoms. The Morgan fingerprint density at radius 1 is 1.29 bits per heavy atom. The van der Waals surface area contributed by atoms with Crippen LogP contribution in [0.4, 0.5) is 0 Å². The summed E-state index contributed by atoms with van der Waals surface area (Å²) >= 11 is 0. The van der Waals surface area contributed by atoms with Gasteiger partial charge in [0.15, 0.2) is 0 Å². The van der Waals surface area contributed by atoms with Crippen LogP contribution in [0, 0.1) is 25.2 Å². The van der Waals surface area contributed by atoms with Crippen LogP contribution < -0.4 is 5.73 Å². The van der Waals surface area contributed by atoms with E-state index in [1.807, 2.05) is 36.9 Å². The number of amides is 1. The largest absolute Gasteiger partial charge is 0.476 e. The normalized spacial score (nSPS) is 19.8. The number of nitrogens with zero attached hydrogens (tertiary/aromatic N) is 1. The summed E-state index contributed by atoms with van der Waals surface area (Å²) in [5, 5.41) is 8.41. The molecule has 0 bridgehead atoms. The third kappa shape index (κ3) is 6.64. The molecule has 3 N–H and O–H groups in total. The standard InChI is InChI=1S/C29H37N3O3/c1-19(2)14-24(18-35-27(31)17-26(30)28-20(3)10-9-11-21(28)4)32(23-15-25(16-23)34-5)29(33)22-12-7-6-8-13-22/h6-7,9-12,17,19,23-25,31H,14-16,18,30H2,1-5H3/b26-17-,31-27?/t23?,24-,25?/m1/s1. The molecule has 0 radical (unpaired) electrons. The second kappa shape index (κ2) is 11.9. The molecule has 0 aliphatic heterocycles. The molecule has 1 amide bonds. The summed E-state index contributed by atoms with van der Waals surface area (Å²) in [4.78, 5) is 15.5. The van der Waals surface area contributed by atoms with Crippen LogP contribution >= 0.6 is 0 Å². The molecule has 1 aromatic rings. The average molecular weight is 476 g/mol. The number of nitrogens with one attached hydrogen (secondary N) is 1. The van der Waals surface area contributed by atoms with Crippen LogP contribution in [0.1, 0.15) is 49.8 Å². The molecule has 3 rings (SSSR count). The van der Waals surface area contributed by atoms with E-state index >= 15 is 0 Å². The molecule has 186 valence electrons. The van der Waals surface area contributed by atoms with E-state index in [2.05, 4.69) is 25.3 Å². The van der Waals surface area contributed by atoms with Crippen molar-refractivity contribution in [2.24, 2.45) is 11.7 Å². The Morgan fingerprint density at radius 2 is 1.97 bits per heavy atom. The fourth-order valence-electron chi connectivity index (χ4n) is 4.72. The second-order valence-electron chi connectivity index (χ2n) is 9.73. The number of methoxy groups -OCH3 is 1. The number of aryl methyl sites for hydroxylation is 2. The number of hydrogen-bond donors (Lipinski definition) is 2. The lowest BCUT2D eigenvalue weighted by molar-refractivity contribution is -0.139. The maximum atomic E-state index is 13.6. The molecule has 1 atom stereocenters. The van der Waals surface area contributed by atoms with Gasteiger partial charge in [-0.2, -0.15) is 0 Å². The Kier molecular flexibility index (Phi) is 8.95. The predicted octanol–water partition coefficient (Wildman–Crippen LogP) is 4.82. The zero-order valence-corrected chi connectivity index (χ0v) is 21.4.